The zero-order chi connectivity index (χ0) is 13.1. The molecular weight excluding hydrogens is 240 g/mol. The molecule has 0 aliphatic rings. The zero-order valence-corrected chi connectivity index (χ0v) is 11.0. The van der Waals surface area contributed by atoms with Gasteiger partial charge in [0.15, 0.2) is 0 Å². The van der Waals surface area contributed by atoms with Gasteiger partial charge in [-0.25, -0.2) is 0 Å². The van der Waals surface area contributed by atoms with Crippen LogP contribution in [-0.4, -0.2) is 39.6 Å². The Hall–Kier alpha value is -1.13. The zero-order valence-electron chi connectivity index (χ0n) is 10.3. The summed E-state index contributed by atoms with van der Waals surface area (Å²) in [5.74, 6) is -0.225. The van der Waals surface area contributed by atoms with Gasteiger partial charge in [0.05, 0.1) is 5.60 Å². The lowest BCUT2D eigenvalue weighted by Gasteiger charge is -2.27. The lowest BCUT2D eigenvalue weighted by Crippen LogP contribution is -2.42. The number of halogens is 1. The largest absolute Gasteiger partial charge is 0.389 e. The topological polar surface area (TPSA) is 53.4 Å². The molecule has 1 aromatic heterocycles. The number of hydrogen-bond acceptors (Lipinski definition) is 3. The van der Waals surface area contributed by atoms with Crippen LogP contribution in [0.25, 0.3) is 0 Å². The molecule has 0 bridgehead atoms. The lowest BCUT2D eigenvalue weighted by atomic mass is 10.1. The first-order valence-corrected chi connectivity index (χ1v) is 5.84. The van der Waals surface area contributed by atoms with Crippen LogP contribution >= 0.6 is 11.6 Å². The van der Waals surface area contributed by atoms with Gasteiger partial charge in [0.25, 0.3) is 5.91 Å². The summed E-state index contributed by atoms with van der Waals surface area (Å²) in [5.41, 5.74) is -0.631. The highest BCUT2D eigenvalue weighted by atomic mass is 35.5. The number of pyridine rings is 1. The molecule has 5 heteroatoms. The average molecular weight is 257 g/mol. The summed E-state index contributed by atoms with van der Waals surface area (Å²) >= 11 is 5.81. The normalized spacial score (nSPS) is 11.4. The molecule has 0 saturated carbocycles. The third-order valence-electron chi connectivity index (χ3n) is 2.19. The molecule has 1 aromatic rings. The van der Waals surface area contributed by atoms with Gasteiger partial charge in [-0.15, -0.1) is 0 Å². The number of amides is 1. The molecule has 4 nitrogen and oxygen atoms in total. The second kappa shape index (κ2) is 5.47. The van der Waals surface area contributed by atoms with E-state index in [9.17, 15) is 9.90 Å². The molecule has 0 spiro atoms. The van der Waals surface area contributed by atoms with Crippen LogP contribution < -0.4 is 0 Å². The molecule has 1 rings (SSSR count). The van der Waals surface area contributed by atoms with E-state index < -0.39 is 5.60 Å². The quantitative estimate of drug-likeness (QED) is 0.896. The van der Waals surface area contributed by atoms with Crippen LogP contribution in [0, 0.1) is 0 Å². The van der Waals surface area contributed by atoms with Gasteiger partial charge in [0.2, 0.25) is 0 Å². The van der Waals surface area contributed by atoms with E-state index in [4.69, 9.17) is 11.6 Å². The van der Waals surface area contributed by atoms with Gasteiger partial charge in [0.1, 0.15) is 5.69 Å². The van der Waals surface area contributed by atoms with Crippen LogP contribution in [0.4, 0.5) is 0 Å². The van der Waals surface area contributed by atoms with Crippen molar-refractivity contribution in [2.75, 3.05) is 13.1 Å². The Labute approximate surface area is 106 Å². The minimum absolute atomic E-state index is 0.225. The van der Waals surface area contributed by atoms with Crippen molar-refractivity contribution in [2.24, 2.45) is 0 Å². The lowest BCUT2D eigenvalue weighted by molar-refractivity contribution is 0.0311. The van der Waals surface area contributed by atoms with E-state index in [1.165, 1.54) is 12.3 Å². The summed E-state index contributed by atoms with van der Waals surface area (Å²) in [6.45, 7) is 5.95. The van der Waals surface area contributed by atoms with Crippen LogP contribution in [0.1, 0.15) is 31.3 Å². The fourth-order valence-electron chi connectivity index (χ4n) is 1.48. The van der Waals surface area contributed by atoms with Crippen molar-refractivity contribution in [3.63, 3.8) is 0 Å². The third kappa shape index (κ3) is 4.32. The van der Waals surface area contributed by atoms with Crippen LogP contribution in [0.2, 0.25) is 5.02 Å². The van der Waals surface area contributed by atoms with Crippen LogP contribution in [0.15, 0.2) is 18.3 Å². The van der Waals surface area contributed by atoms with Crippen molar-refractivity contribution in [1.82, 2.24) is 9.88 Å². The van der Waals surface area contributed by atoms with E-state index in [1.54, 1.807) is 24.8 Å². The van der Waals surface area contributed by atoms with E-state index in [0.29, 0.717) is 17.3 Å². The fraction of sp³-hybridized carbons (Fsp3) is 0.500. The Balaban J connectivity index is 2.87. The van der Waals surface area contributed by atoms with Gasteiger partial charge >= 0.3 is 0 Å². The first kappa shape index (κ1) is 13.9. The van der Waals surface area contributed by atoms with E-state index in [0.717, 1.165) is 0 Å². The highest BCUT2D eigenvalue weighted by Gasteiger charge is 2.22. The van der Waals surface area contributed by atoms with Crippen molar-refractivity contribution in [2.45, 2.75) is 26.4 Å². The van der Waals surface area contributed by atoms with Crippen molar-refractivity contribution >= 4 is 17.5 Å². The average Bonchev–Trinajstić information content (AvgIpc) is 2.23. The molecule has 0 fully saturated rings. The summed E-state index contributed by atoms with van der Waals surface area (Å²) in [7, 11) is 0. The molecule has 0 aliphatic carbocycles. The van der Waals surface area contributed by atoms with Gasteiger partial charge in [-0.3, -0.25) is 9.78 Å². The maximum atomic E-state index is 12.1. The van der Waals surface area contributed by atoms with Crippen molar-refractivity contribution in [3.8, 4) is 0 Å². The highest BCUT2D eigenvalue weighted by molar-refractivity contribution is 6.30. The van der Waals surface area contributed by atoms with E-state index >= 15 is 0 Å². The summed E-state index contributed by atoms with van der Waals surface area (Å²) in [6, 6.07) is 3.14. The fourth-order valence-corrected chi connectivity index (χ4v) is 1.64. The van der Waals surface area contributed by atoms with Gasteiger partial charge in [0, 0.05) is 24.3 Å². The molecular formula is C12H17ClN2O2. The Morgan fingerprint density at radius 3 is 2.71 bits per heavy atom. The smallest absolute Gasteiger partial charge is 0.272 e. The molecule has 0 aliphatic heterocycles. The maximum absolute atomic E-state index is 12.1. The molecule has 0 radical (unpaired) electrons. The molecule has 0 unspecified atom stereocenters. The predicted molar refractivity (Wildman–Crippen MR) is 67.1 cm³/mol. The van der Waals surface area contributed by atoms with E-state index in [-0.39, 0.29) is 12.5 Å². The number of carbonyl (C=O) groups excluding carboxylic acids is 1. The first-order valence-electron chi connectivity index (χ1n) is 5.46. The summed E-state index contributed by atoms with van der Waals surface area (Å²) in [6.07, 6.45) is 1.49. The van der Waals surface area contributed by atoms with E-state index in [1.807, 2.05) is 6.92 Å². The Morgan fingerprint density at radius 2 is 2.24 bits per heavy atom. The molecule has 0 saturated heterocycles. The Bertz CT molecular complexity index is 402. The summed E-state index contributed by atoms with van der Waals surface area (Å²) < 4.78 is 0. The number of likely N-dealkylation sites (N-methyl/N-ethyl adjacent to an activating group) is 1. The standard InChI is InChI=1S/C12H17ClN2O2/c1-4-15(8-12(2,3)17)11(16)10-7-9(13)5-6-14-10/h5-7,17H,4,8H2,1-3H3. The SMILES string of the molecule is CCN(CC(C)(C)O)C(=O)c1cc(Cl)ccn1. The van der Waals surface area contributed by atoms with Crippen LogP contribution in [0.5, 0.6) is 0 Å². The number of carbonyl (C=O) groups is 1. The van der Waals surface area contributed by atoms with Gasteiger partial charge < -0.3 is 10.0 Å². The molecule has 1 heterocycles. The molecule has 17 heavy (non-hydrogen) atoms. The van der Waals surface area contributed by atoms with Crippen LogP contribution in [0.3, 0.4) is 0 Å². The second-order valence-corrected chi connectivity index (χ2v) is 4.93. The molecule has 1 amide bonds. The number of rotatable bonds is 4. The molecule has 0 atom stereocenters. The molecule has 94 valence electrons. The van der Waals surface area contributed by atoms with Gasteiger partial charge in [-0.2, -0.15) is 0 Å². The van der Waals surface area contributed by atoms with Gasteiger partial charge in [-0.05, 0) is 32.9 Å². The number of hydrogen-bond donors (Lipinski definition) is 1. The number of aliphatic hydroxyl groups is 1. The molecule has 1 N–H and O–H groups in total. The minimum Gasteiger partial charge on any atom is -0.389 e. The minimum atomic E-state index is -0.926. The summed E-state index contributed by atoms with van der Waals surface area (Å²) in [4.78, 5) is 17.6. The maximum Gasteiger partial charge on any atom is 0.272 e. The van der Waals surface area contributed by atoms with E-state index in [2.05, 4.69) is 4.98 Å². The van der Waals surface area contributed by atoms with Crippen molar-refractivity contribution in [3.05, 3.63) is 29.0 Å². The number of nitrogens with zero attached hydrogens (tertiary/aromatic N) is 2. The summed E-state index contributed by atoms with van der Waals surface area (Å²) in [5, 5.41) is 10.2. The Morgan fingerprint density at radius 1 is 1.59 bits per heavy atom. The second-order valence-electron chi connectivity index (χ2n) is 4.49. The van der Waals surface area contributed by atoms with Crippen molar-refractivity contribution in [1.29, 1.82) is 0 Å². The number of aromatic nitrogens is 1. The predicted octanol–water partition coefficient (Wildman–Crippen LogP) is 1.97. The highest BCUT2D eigenvalue weighted by Crippen LogP contribution is 2.12. The third-order valence-corrected chi connectivity index (χ3v) is 2.42. The first-order chi connectivity index (χ1) is 7.83. The van der Waals surface area contributed by atoms with Crippen LogP contribution in [-0.2, 0) is 0 Å². The monoisotopic (exact) mass is 256 g/mol. The Kier molecular flexibility index (Phi) is 4.48. The van der Waals surface area contributed by atoms with Gasteiger partial charge in [-0.1, -0.05) is 11.6 Å². The van der Waals surface area contributed by atoms with Crippen molar-refractivity contribution < 1.29 is 9.90 Å². The molecule has 0 aromatic carbocycles.